The average Bonchev–Trinajstić information content (AvgIpc) is 2.55. The van der Waals surface area contributed by atoms with Gasteiger partial charge in [0, 0.05) is 23.0 Å². The molecule has 16 heavy (non-hydrogen) atoms. The van der Waals surface area contributed by atoms with Crippen LogP contribution in [0, 0.1) is 6.92 Å². The van der Waals surface area contributed by atoms with Crippen LogP contribution >= 0.6 is 0 Å². The van der Waals surface area contributed by atoms with Crippen LogP contribution in [0.2, 0.25) is 0 Å². The van der Waals surface area contributed by atoms with Gasteiger partial charge in [-0.3, -0.25) is 0 Å². The molecule has 0 saturated carbocycles. The molecule has 0 aliphatic rings. The van der Waals surface area contributed by atoms with Gasteiger partial charge in [0.1, 0.15) is 5.78 Å². The number of carbonyl (C=O) groups is 1. The van der Waals surface area contributed by atoms with Gasteiger partial charge in [0.2, 0.25) is 0 Å². The van der Waals surface area contributed by atoms with Crippen molar-refractivity contribution in [2.24, 2.45) is 0 Å². The predicted octanol–water partition coefficient (Wildman–Crippen LogP) is 3.39. The summed E-state index contributed by atoms with van der Waals surface area (Å²) in [5.74, 6) is 0.275. The third-order valence-corrected chi connectivity index (χ3v) is 2.98. The minimum Gasteiger partial charge on any atom is -0.358 e. The predicted molar refractivity (Wildman–Crippen MR) is 66.7 cm³/mol. The molecule has 2 aromatic rings. The van der Waals surface area contributed by atoms with Crippen LogP contribution < -0.4 is 0 Å². The molecule has 84 valence electrons. The SMILES string of the molecule is CC(=O)CCCc1c(C)[nH]c2ccccc12. The van der Waals surface area contributed by atoms with Crippen molar-refractivity contribution in [3.8, 4) is 0 Å². The third-order valence-electron chi connectivity index (χ3n) is 2.98. The molecule has 2 rings (SSSR count). The maximum atomic E-state index is 10.9. The fourth-order valence-electron chi connectivity index (χ4n) is 2.17. The van der Waals surface area contributed by atoms with Crippen LogP contribution in [0.25, 0.3) is 10.9 Å². The van der Waals surface area contributed by atoms with E-state index in [0.717, 1.165) is 12.8 Å². The van der Waals surface area contributed by atoms with E-state index in [1.165, 1.54) is 22.2 Å². The van der Waals surface area contributed by atoms with Crippen LogP contribution in [0.1, 0.15) is 31.0 Å². The number of para-hydroxylation sites is 1. The first kappa shape index (κ1) is 10.9. The van der Waals surface area contributed by atoms with Crippen LogP contribution in [0.4, 0.5) is 0 Å². The van der Waals surface area contributed by atoms with E-state index < -0.39 is 0 Å². The Hall–Kier alpha value is -1.57. The van der Waals surface area contributed by atoms with Crippen LogP contribution in [0.5, 0.6) is 0 Å². The Morgan fingerprint density at radius 2 is 2.06 bits per heavy atom. The smallest absolute Gasteiger partial charge is 0.129 e. The van der Waals surface area contributed by atoms with Gasteiger partial charge in [-0.1, -0.05) is 18.2 Å². The van der Waals surface area contributed by atoms with Gasteiger partial charge in [-0.05, 0) is 38.3 Å². The lowest BCUT2D eigenvalue weighted by Crippen LogP contribution is -1.93. The molecule has 0 fully saturated rings. The summed E-state index contributed by atoms with van der Waals surface area (Å²) in [6.07, 6.45) is 2.60. The molecule has 0 aliphatic carbocycles. The Morgan fingerprint density at radius 1 is 1.31 bits per heavy atom. The van der Waals surface area contributed by atoms with Crippen LogP contribution in [-0.4, -0.2) is 10.8 Å². The van der Waals surface area contributed by atoms with E-state index in [1.54, 1.807) is 6.92 Å². The maximum absolute atomic E-state index is 10.9. The highest BCUT2D eigenvalue weighted by Gasteiger charge is 2.07. The van der Waals surface area contributed by atoms with E-state index in [2.05, 4.69) is 30.1 Å². The van der Waals surface area contributed by atoms with Gasteiger partial charge in [-0.25, -0.2) is 0 Å². The Kier molecular flexibility index (Phi) is 3.09. The quantitative estimate of drug-likeness (QED) is 0.833. The number of carbonyl (C=O) groups excluding carboxylic acids is 1. The zero-order chi connectivity index (χ0) is 11.5. The fourth-order valence-corrected chi connectivity index (χ4v) is 2.17. The number of hydrogen-bond acceptors (Lipinski definition) is 1. The third kappa shape index (κ3) is 2.16. The minimum atomic E-state index is 0.275. The second-order valence-electron chi connectivity index (χ2n) is 4.33. The van der Waals surface area contributed by atoms with E-state index in [9.17, 15) is 4.79 Å². The molecule has 1 N–H and O–H groups in total. The summed E-state index contributed by atoms with van der Waals surface area (Å²) in [6, 6.07) is 8.33. The Morgan fingerprint density at radius 3 is 2.81 bits per heavy atom. The van der Waals surface area contributed by atoms with Gasteiger partial charge in [0.05, 0.1) is 0 Å². The lowest BCUT2D eigenvalue weighted by atomic mass is 10.0. The molecule has 0 amide bonds. The van der Waals surface area contributed by atoms with E-state index in [-0.39, 0.29) is 5.78 Å². The summed E-state index contributed by atoms with van der Waals surface area (Å²) >= 11 is 0. The molecular formula is C14H17NO. The lowest BCUT2D eigenvalue weighted by Gasteiger charge is -2.00. The number of aromatic nitrogens is 1. The number of fused-ring (bicyclic) bond motifs is 1. The molecule has 2 nitrogen and oxygen atoms in total. The van der Waals surface area contributed by atoms with Gasteiger partial charge >= 0.3 is 0 Å². The number of H-pyrrole nitrogens is 1. The highest BCUT2D eigenvalue weighted by Crippen LogP contribution is 2.23. The van der Waals surface area contributed by atoms with Crippen LogP contribution in [0.3, 0.4) is 0 Å². The van der Waals surface area contributed by atoms with Gasteiger partial charge in [0.15, 0.2) is 0 Å². The Balaban J connectivity index is 2.22. The van der Waals surface area contributed by atoms with E-state index in [4.69, 9.17) is 0 Å². The number of hydrogen-bond donors (Lipinski definition) is 1. The fraction of sp³-hybridized carbons (Fsp3) is 0.357. The molecule has 1 aromatic heterocycles. The van der Waals surface area contributed by atoms with Gasteiger partial charge in [-0.2, -0.15) is 0 Å². The normalized spacial score (nSPS) is 10.9. The first-order valence-corrected chi connectivity index (χ1v) is 5.74. The molecule has 0 radical (unpaired) electrons. The molecule has 2 heteroatoms. The van der Waals surface area contributed by atoms with Crippen molar-refractivity contribution in [2.75, 3.05) is 0 Å². The second-order valence-corrected chi connectivity index (χ2v) is 4.33. The molecule has 0 bridgehead atoms. The first-order chi connectivity index (χ1) is 7.68. The molecule has 0 aliphatic heterocycles. The number of aryl methyl sites for hydroxylation is 2. The molecule has 0 saturated heterocycles. The number of ketones is 1. The van der Waals surface area contributed by atoms with Crippen molar-refractivity contribution in [1.82, 2.24) is 4.98 Å². The average molecular weight is 215 g/mol. The van der Waals surface area contributed by atoms with Crippen molar-refractivity contribution in [3.05, 3.63) is 35.5 Å². The summed E-state index contributed by atoms with van der Waals surface area (Å²) < 4.78 is 0. The van der Waals surface area contributed by atoms with E-state index >= 15 is 0 Å². The van der Waals surface area contributed by atoms with Crippen molar-refractivity contribution in [1.29, 1.82) is 0 Å². The van der Waals surface area contributed by atoms with Crippen LogP contribution in [0.15, 0.2) is 24.3 Å². The van der Waals surface area contributed by atoms with Gasteiger partial charge < -0.3 is 9.78 Å². The maximum Gasteiger partial charge on any atom is 0.129 e. The molecule has 1 aromatic carbocycles. The number of benzene rings is 1. The van der Waals surface area contributed by atoms with Gasteiger partial charge in [-0.15, -0.1) is 0 Å². The van der Waals surface area contributed by atoms with Crippen LogP contribution in [-0.2, 0) is 11.2 Å². The summed E-state index contributed by atoms with van der Waals surface area (Å²) in [7, 11) is 0. The summed E-state index contributed by atoms with van der Waals surface area (Å²) in [5.41, 5.74) is 3.78. The molecular weight excluding hydrogens is 198 g/mol. The number of nitrogens with one attached hydrogen (secondary N) is 1. The number of aromatic amines is 1. The summed E-state index contributed by atoms with van der Waals surface area (Å²) in [6.45, 7) is 3.76. The zero-order valence-electron chi connectivity index (χ0n) is 9.84. The summed E-state index contributed by atoms with van der Waals surface area (Å²) in [4.78, 5) is 14.3. The highest BCUT2D eigenvalue weighted by atomic mass is 16.1. The van der Waals surface area contributed by atoms with E-state index in [0.29, 0.717) is 6.42 Å². The van der Waals surface area contributed by atoms with Gasteiger partial charge in [0.25, 0.3) is 0 Å². The minimum absolute atomic E-state index is 0.275. The second kappa shape index (κ2) is 4.52. The highest BCUT2D eigenvalue weighted by molar-refractivity contribution is 5.84. The number of Topliss-reactive ketones (excluding diaryl/α,β-unsaturated/α-hetero) is 1. The molecule has 0 spiro atoms. The van der Waals surface area contributed by atoms with Crippen molar-refractivity contribution < 1.29 is 4.79 Å². The van der Waals surface area contributed by atoms with E-state index in [1.807, 2.05) is 6.07 Å². The van der Waals surface area contributed by atoms with Crippen molar-refractivity contribution >= 4 is 16.7 Å². The molecule has 0 atom stereocenters. The Bertz CT molecular complexity index is 510. The number of rotatable bonds is 4. The van der Waals surface area contributed by atoms with Crippen molar-refractivity contribution in [2.45, 2.75) is 33.1 Å². The Labute approximate surface area is 95.7 Å². The summed E-state index contributed by atoms with van der Waals surface area (Å²) in [5, 5.41) is 1.29. The standard InChI is InChI=1S/C14H17NO/c1-10(16)6-5-8-12-11(2)15-14-9-4-3-7-13(12)14/h3-4,7,9,15H,5-6,8H2,1-2H3. The monoisotopic (exact) mass is 215 g/mol. The zero-order valence-corrected chi connectivity index (χ0v) is 9.84. The first-order valence-electron chi connectivity index (χ1n) is 5.74. The molecule has 0 unspecified atom stereocenters. The van der Waals surface area contributed by atoms with Crippen molar-refractivity contribution in [3.63, 3.8) is 0 Å². The molecule has 1 heterocycles. The lowest BCUT2D eigenvalue weighted by molar-refractivity contribution is -0.117. The largest absolute Gasteiger partial charge is 0.358 e. The topological polar surface area (TPSA) is 32.9 Å².